The van der Waals surface area contributed by atoms with Crippen LogP contribution in [0.15, 0.2) is 0 Å². The summed E-state index contributed by atoms with van der Waals surface area (Å²) in [7, 11) is 2.09. The summed E-state index contributed by atoms with van der Waals surface area (Å²) in [6, 6.07) is 0.547. The molecule has 0 spiro atoms. The molecule has 102 valence electrons. The standard InChI is InChI=1S/C13H29N3O/c1-6-8-13(4,14)12(17)15-9-7-10-16(5)11(2)3/h11H,6-10,14H2,1-5H3,(H,15,17). The fourth-order valence-electron chi connectivity index (χ4n) is 1.62. The van der Waals surface area contributed by atoms with Gasteiger partial charge in [-0.15, -0.1) is 0 Å². The van der Waals surface area contributed by atoms with Gasteiger partial charge in [0.2, 0.25) is 5.91 Å². The molecular weight excluding hydrogens is 214 g/mol. The molecule has 0 radical (unpaired) electrons. The normalized spacial score (nSPS) is 15.1. The zero-order valence-electron chi connectivity index (χ0n) is 12.0. The van der Waals surface area contributed by atoms with Gasteiger partial charge in [0, 0.05) is 12.6 Å². The zero-order valence-corrected chi connectivity index (χ0v) is 12.0. The molecule has 0 aromatic carbocycles. The van der Waals surface area contributed by atoms with Gasteiger partial charge in [0.25, 0.3) is 0 Å². The van der Waals surface area contributed by atoms with E-state index in [1.54, 1.807) is 6.92 Å². The van der Waals surface area contributed by atoms with Crippen LogP contribution in [0, 0.1) is 0 Å². The van der Waals surface area contributed by atoms with Gasteiger partial charge in [-0.2, -0.15) is 0 Å². The number of nitrogens with two attached hydrogens (primary N) is 1. The summed E-state index contributed by atoms with van der Waals surface area (Å²) >= 11 is 0. The van der Waals surface area contributed by atoms with Gasteiger partial charge in [-0.1, -0.05) is 13.3 Å². The highest BCUT2D eigenvalue weighted by molar-refractivity contribution is 5.85. The molecule has 0 saturated heterocycles. The summed E-state index contributed by atoms with van der Waals surface area (Å²) in [6.07, 6.45) is 2.61. The molecule has 0 rings (SSSR count). The molecule has 3 N–H and O–H groups in total. The summed E-state index contributed by atoms with van der Waals surface area (Å²) in [5.74, 6) is -0.0356. The molecule has 0 aliphatic heterocycles. The number of nitrogens with one attached hydrogen (secondary N) is 1. The van der Waals surface area contributed by atoms with Crippen LogP contribution in [0.3, 0.4) is 0 Å². The minimum absolute atomic E-state index is 0.0356. The smallest absolute Gasteiger partial charge is 0.239 e. The number of amides is 1. The first-order chi connectivity index (χ1) is 7.81. The lowest BCUT2D eigenvalue weighted by Gasteiger charge is -2.24. The maximum absolute atomic E-state index is 11.8. The number of hydrogen-bond acceptors (Lipinski definition) is 3. The maximum atomic E-state index is 11.8. The molecule has 0 fully saturated rings. The van der Waals surface area contributed by atoms with Crippen LogP contribution in [-0.4, -0.2) is 42.5 Å². The zero-order chi connectivity index (χ0) is 13.5. The minimum atomic E-state index is -0.724. The van der Waals surface area contributed by atoms with Crippen molar-refractivity contribution in [1.82, 2.24) is 10.2 Å². The molecule has 0 bridgehead atoms. The van der Waals surface area contributed by atoms with Crippen LogP contribution in [0.4, 0.5) is 0 Å². The van der Waals surface area contributed by atoms with Gasteiger partial charge in [0.05, 0.1) is 5.54 Å². The molecule has 0 aromatic rings. The van der Waals surface area contributed by atoms with Crippen LogP contribution in [-0.2, 0) is 4.79 Å². The van der Waals surface area contributed by atoms with Gasteiger partial charge in [0.15, 0.2) is 0 Å². The highest BCUT2D eigenvalue weighted by Gasteiger charge is 2.26. The fraction of sp³-hybridized carbons (Fsp3) is 0.923. The third kappa shape index (κ3) is 6.64. The summed E-state index contributed by atoms with van der Waals surface area (Å²) < 4.78 is 0. The van der Waals surface area contributed by atoms with Gasteiger partial charge >= 0.3 is 0 Å². The van der Waals surface area contributed by atoms with E-state index in [1.165, 1.54) is 0 Å². The lowest BCUT2D eigenvalue weighted by atomic mass is 9.96. The average Bonchev–Trinajstić information content (AvgIpc) is 2.23. The number of nitrogens with zero attached hydrogens (tertiary/aromatic N) is 1. The van der Waals surface area contributed by atoms with Gasteiger partial charge < -0.3 is 16.0 Å². The molecule has 1 amide bonds. The molecule has 4 nitrogen and oxygen atoms in total. The van der Waals surface area contributed by atoms with Crippen molar-refractivity contribution in [3.63, 3.8) is 0 Å². The molecule has 0 heterocycles. The molecular formula is C13H29N3O. The largest absolute Gasteiger partial charge is 0.354 e. The second-order valence-corrected chi connectivity index (χ2v) is 5.35. The SMILES string of the molecule is CCCC(C)(N)C(=O)NCCCN(C)C(C)C. The highest BCUT2D eigenvalue weighted by Crippen LogP contribution is 2.08. The van der Waals surface area contributed by atoms with Crippen molar-refractivity contribution in [3.05, 3.63) is 0 Å². The highest BCUT2D eigenvalue weighted by atomic mass is 16.2. The second-order valence-electron chi connectivity index (χ2n) is 5.35. The minimum Gasteiger partial charge on any atom is -0.354 e. The predicted molar refractivity (Wildman–Crippen MR) is 72.9 cm³/mol. The summed E-state index contributed by atoms with van der Waals surface area (Å²) in [4.78, 5) is 14.0. The number of hydrogen-bond donors (Lipinski definition) is 2. The van der Waals surface area contributed by atoms with Crippen LogP contribution < -0.4 is 11.1 Å². The lowest BCUT2D eigenvalue weighted by Crippen LogP contribution is -2.51. The van der Waals surface area contributed by atoms with E-state index >= 15 is 0 Å². The molecule has 17 heavy (non-hydrogen) atoms. The Hall–Kier alpha value is -0.610. The van der Waals surface area contributed by atoms with Gasteiger partial charge in [0.1, 0.15) is 0 Å². The summed E-state index contributed by atoms with van der Waals surface area (Å²) in [5, 5.41) is 2.91. The average molecular weight is 243 g/mol. The van der Waals surface area contributed by atoms with Crippen molar-refractivity contribution in [2.75, 3.05) is 20.1 Å². The number of rotatable bonds is 8. The first-order valence-corrected chi connectivity index (χ1v) is 6.58. The Morgan fingerprint density at radius 2 is 2.06 bits per heavy atom. The Morgan fingerprint density at radius 1 is 1.47 bits per heavy atom. The van der Waals surface area contributed by atoms with Crippen LogP contribution in [0.2, 0.25) is 0 Å². The summed E-state index contributed by atoms with van der Waals surface area (Å²) in [5.41, 5.74) is 5.22. The third-order valence-corrected chi connectivity index (χ3v) is 3.14. The van der Waals surface area contributed by atoms with Crippen molar-refractivity contribution in [3.8, 4) is 0 Å². The van der Waals surface area contributed by atoms with E-state index in [2.05, 4.69) is 31.1 Å². The van der Waals surface area contributed by atoms with E-state index in [-0.39, 0.29) is 5.91 Å². The van der Waals surface area contributed by atoms with E-state index in [0.29, 0.717) is 12.6 Å². The molecule has 1 atom stereocenters. The third-order valence-electron chi connectivity index (χ3n) is 3.14. The molecule has 0 aliphatic carbocycles. The second kappa shape index (κ2) is 7.67. The fourth-order valence-corrected chi connectivity index (χ4v) is 1.62. The van der Waals surface area contributed by atoms with E-state index in [4.69, 9.17) is 5.73 Å². The Kier molecular flexibility index (Phi) is 7.39. The van der Waals surface area contributed by atoms with Crippen LogP contribution in [0.5, 0.6) is 0 Å². The van der Waals surface area contributed by atoms with Gasteiger partial charge in [-0.25, -0.2) is 0 Å². The number of carbonyl (C=O) groups excluding carboxylic acids is 1. The van der Waals surface area contributed by atoms with Crippen LogP contribution in [0.25, 0.3) is 0 Å². The lowest BCUT2D eigenvalue weighted by molar-refractivity contribution is -0.126. The van der Waals surface area contributed by atoms with Crippen molar-refractivity contribution >= 4 is 5.91 Å². The predicted octanol–water partition coefficient (Wildman–Crippen LogP) is 1.35. The summed E-state index contributed by atoms with van der Waals surface area (Å²) in [6.45, 7) is 9.86. The van der Waals surface area contributed by atoms with E-state index in [0.717, 1.165) is 25.8 Å². The number of carbonyl (C=O) groups is 1. The van der Waals surface area contributed by atoms with E-state index in [1.807, 2.05) is 6.92 Å². The van der Waals surface area contributed by atoms with Crippen molar-refractivity contribution < 1.29 is 4.79 Å². The topological polar surface area (TPSA) is 58.4 Å². The first-order valence-electron chi connectivity index (χ1n) is 6.58. The molecule has 1 unspecified atom stereocenters. The van der Waals surface area contributed by atoms with Crippen molar-refractivity contribution in [2.24, 2.45) is 5.73 Å². The maximum Gasteiger partial charge on any atom is 0.239 e. The Balaban J connectivity index is 3.79. The van der Waals surface area contributed by atoms with E-state index in [9.17, 15) is 4.79 Å². The first kappa shape index (κ1) is 16.4. The molecule has 0 aromatic heterocycles. The molecule has 0 saturated carbocycles. The molecule has 4 heteroatoms. The van der Waals surface area contributed by atoms with Crippen LogP contribution >= 0.6 is 0 Å². The Morgan fingerprint density at radius 3 is 2.53 bits per heavy atom. The van der Waals surface area contributed by atoms with Crippen LogP contribution in [0.1, 0.15) is 47.0 Å². The quantitative estimate of drug-likeness (QED) is 0.633. The molecule has 0 aliphatic rings. The Bertz CT molecular complexity index is 227. The van der Waals surface area contributed by atoms with Gasteiger partial charge in [-0.05, 0) is 47.2 Å². The monoisotopic (exact) mass is 243 g/mol. The van der Waals surface area contributed by atoms with Crippen molar-refractivity contribution in [2.45, 2.75) is 58.5 Å². The Labute approximate surface area is 106 Å². The van der Waals surface area contributed by atoms with E-state index < -0.39 is 5.54 Å². The van der Waals surface area contributed by atoms with Crippen molar-refractivity contribution in [1.29, 1.82) is 0 Å². The van der Waals surface area contributed by atoms with Gasteiger partial charge in [-0.3, -0.25) is 4.79 Å².